The summed E-state index contributed by atoms with van der Waals surface area (Å²) in [6.45, 7) is 8.70. The normalized spacial score (nSPS) is 12.0. The second-order valence-corrected chi connectivity index (χ2v) is 7.68. The Balaban J connectivity index is 2.39. The van der Waals surface area contributed by atoms with E-state index in [9.17, 15) is 9.59 Å². The largest absolute Gasteiger partial charge is 0.462 e. The molecule has 0 radical (unpaired) electrons. The topological polar surface area (TPSA) is 52.6 Å². The highest BCUT2D eigenvalue weighted by Gasteiger charge is 2.15. The van der Waals surface area contributed by atoms with Crippen molar-refractivity contribution >= 4 is 11.9 Å². The molecule has 27 heavy (non-hydrogen) atoms. The van der Waals surface area contributed by atoms with Gasteiger partial charge in [-0.3, -0.25) is 0 Å². The van der Waals surface area contributed by atoms with Crippen molar-refractivity contribution in [3.63, 3.8) is 0 Å². The molecule has 0 bridgehead atoms. The van der Waals surface area contributed by atoms with Crippen LogP contribution in [-0.2, 0) is 9.47 Å². The van der Waals surface area contributed by atoms with E-state index in [1.807, 2.05) is 6.92 Å². The molecule has 0 aliphatic carbocycles. The van der Waals surface area contributed by atoms with Gasteiger partial charge in [-0.25, -0.2) is 9.59 Å². The van der Waals surface area contributed by atoms with Crippen LogP contribution in [0.15, 0.2) is 24.3 Å². The summed E-state index contributed by atoms with van der Waals surface area (Å²) in [6.07, 6.45) is 8.90. The zero-order valence-electron chi connectivity index (χ0n) is 17.5. The van der Waals surface area contributed by atoms with Gasteiger partial charge in [0.1, 0.15) is 0 Å². The van der Waals surface area contributed by atoms with Crippen LogP contribution in [0.2, 0.25) is 0 Å². The fourth-order valence-electron chi connectivity index (χ4n) is 3.04. The first kappa shape index (κ1) is 23.2. The van der Waals surface area contributed by atoms with Crippen LogP contribution in [0.1, 0.15) is 99.8 Å². The van der Waals surface area contributed by atoms with Crippen LogP contribution < -0.4 is 0 Å². The predicted octanol–water partition coefficient (Wildman–Crippen LogP) is 6.19. The second-order valence-electron chi connectivity index (χ2n) is 7.68. The molecule has 1 unspecified atom stereocenters. The highest BCUT2D eigenvalue weighted by atomic mass is 16.5. The third-order valence-electron chi connectivity index (χ3n) is 4.43. The van der Waals surface area contributed by atoms with Crippen molar-refractivity contribution in [2.45, 2.75) is 85.2 Å². The van der Waals surface area contributed by atoms with Crippen LogP contribution in [0.3, 0.4) is 0 Å². The number of rotatable bonds is 13. The highest BCUT2D eigenvalue weighted by molar-refractivity contribution is 5.95. The molecule has 152 valence electrons. The molecule has 0 heterocycles. The van der Waals surface area contributed by atoms with Crippen molar-refractivity contribution in [1.29, 1.82) is 0 Å². The number of esters is 2. The van der Waals surface area contributed by atoms with Gasteiger partial charge in [-0.05, 0) is 43.9 Å². The van der Waals surface area contributed by atoms with E-state index in [1.54, 1.807) is 24.3 Å². The molecule has 0 N–H and O–H groups in total. The molecule has 0 aliphatic heterocycles. The molecule has 1 rings (SSSR count). The molecule has 0 amide bonds. The molecule has 1 aromatic carbocycles. The lowest BCUT2D eigenvalue weighted by atomic mass is 10.1. The summed E-state index contributed by atoms with van der Waals surface area (Å²) in [5.74, 6) is -0.323. The summed E-state index contributed by atoms with van der Waals surface area (Å²) in [5.41, 5.74) is 0.778. The monoisotopic (exact) mass is 376 g/mol. The van der Waals surface area contributed by atoms with Crippen molar-refractivity contribution in [1.82, 2.24) is 0 Å². The molecule has 0 saturated heterocycles. The van der Waals surface area contributed by atoms with Gasteiger partial charge >= 0.3 is 11.9 Å². The van der Waals surface area contributed by atoms with Crippen LogP contribution in [0.4, 0.5) is 0 Å². The molecular weight excluding hydrogens is 340 g/mol. The molecule has 4 nitrogen and oxygen atoms in total. The molecule has 0 aromatic heterocycles. The quantitative estimate of drug-likeness (QED) is 0.304. The summed E-state index contributed by atoms with van der Waals surface area (Å²) < 4.78 is 10.8. The Morgan fingerprint density at radius 3 is 2.11 bits per heavy atom. The molecular formula is C23H36O4. The fraction of sp³-hybridized carbons (Fsp3) is 0.652. The van der Waals surface area contributed by atoms with Crippen LogP contribution in [-0.4, -0.2) is 24.6 Å². The number of ether oxygens (including phenoxy) is 2. The van der Waals surface area contributed by atoms with Crippen molar-refractivity contribution in [3.05, 3.63) is 35.4 Å². The maximum absolute atomic E-state index is 12.2. The van der Waals surface area contributed by atoms with Crippen LogP contribution in [0.5, 0.6) is 0 Å². The smallest absolute Gasteiger partial charge is 0.338 e. The second kappa shape index (κ2) is 13.3. The summed E-state index contributed by atoms with van der Waals surface area (Å²) in [7, 11) is 0. The fourth-order valence-corrected chi connectivity index (χ4v) is 3.04. The van der Waals surface area contributed by atoms with Gasteiger partial charge in [0, 0.05) is 0 Å². The average molecular weight is 377 g/mol. The van der Waals surface area contributed by atoms with Gasteiger partial charge in [0.05, 0.1) is 23.8 Å². The van der Waals surface area contributed by atoms with Gasteiger partial charge in [0.2, 0.25) is 0 Å². The van der Waals surface area contributed by atoms with Crippen molar-refractivity contribution in [3.8, 4) is 0 Å². The Bertz CT molecular complexity index is 565. The summed E-state index contributed by atoms with van der Waals surface area (Å²) in [5, 5.41) is 0. The SMILES string of the molecule is CCCCCCCCCOC(=O)c1cccc(C(=O)OC(C)CC(C)C)c1. The van der Waals surface area contributed by atoms with E-state index in [0.717, 1.165) is 19.3 Å². The van der Waals surface area contributed by atoms with Gasteiger partial charge in [-0.1, -0.05) is 65.4 Å². The van der Waals surface area contributed by atoms with Gasteiger partial charge < -0.3 is 9.47 Å². The van der Waals surface area contributed by atoms with Gasteiger partial charge in [0.25, 0.3) is 0 Å². The first-order valence-corrected chi connectivity index (χ1v) is 10.4. The first-order chi connectivity index (χ1) is 12.9. The Kier molecular flexibility index (Phi) is 11.5. The van der Waals surface area contributed by atoms with Crippen LogP contribution in [0.25, 0.3) is 0 Å². The number of hydrogen-bond acceptors (Lipinski definition) is 4. The zero-order valence-corrected chi connectivity index (χ0v) is 17.5. The van der Waals surface area contributed by atoms with E-state index in [0.29, 0.717) is 23.7 Å². The van der Waals surface area contributed by atoms with E-state index >= 15 is 0 Å². The molecule has 4 heteroatoms. The van der Waals surface area contributed by atoms with E-state index < -0.39 is 5.97 Å². The lowest BCUT2D eigenvalue weighted by Crippen LogP contribution is -2.17. The highest BCUT2D eigenvalue weighted by Crippen LogP contribution is 2.13. The minimum absolute atomic E-state index is 0.148. The molecule has 1 aromatic rings. The van der Waals surface area contributed by atoms with Crippen molar-refractivity contribution in [2.24, 2.45) is 5.92 Å². The first-order valence-electron chi connectivity index (χ1n) is 10.4. The molecule has 0 aliphatic rings. The van der Waals surface area contributed by atoms with Gasteiger partial charge in [-0.15, -0.1) is 0 Å². The van der Waals surface area contributed by atoms with Crippen LogP contribution in [0, 0.1) is 5.92 Å². The number of unbranched alkanes of at least 4 members (excludes halogenated alkanes) is 6. The Hall–Kier alpha value is -1.84. The Morgan fingerprint density at radius 2 is 1.48 bits per heavy atom. The molecule has 1 atom stereocenters. The third kappa shape index (κ3) is 10.2. The van der Waals surface area contributed by atoms with Gasteiger partial charge in [-0.2, -0.15) is 0 Å². The minimum atomic E-state index is -0.398. The number of benzene rings is 1. The number of hydrogen-bond donors (Lipinski definition) is 0. The van der Waals surface area contributed by atoms with E-state index in [4.69, 9.17) is 9.47 Å². The molecule has 0 saturated carbocycles. The number of carbonyl (C=O) groups excluding carboxylic acids is 2. The lowest BCUT2D eigenvalue weighted by molar-refractivity contribution is 0.0299. The molecule has 0 fully saturated rings. The Labute approximate surface area is 164 Å². The van der Waals surface area contributed by atoms with Gasteiger partial charge in [0.15, 0.2) is 0 Å². The minimum Gasteiger partial charge on any atom is -0.462 e. The van der Waals surface area contributed by atoms with Crippen molar-refractivity contribution < 1.29 is 19.1 Å². The summed E-state index contributed by atoms with van der Waals surface area (Å²) >= 11 is 0. The zero-order chi connectivity index (χ0) is 20.1. The van der Waals surface area contributed by atoms with E-state index in [2.05, 4.69) is 20.8 Å². The number of carbonyl (C=O) groups is 2. The average Bonchev–Trinajstić information content (AvgIpc) is 2.63. The van der Waals surface area contributed by atoms with E-state index in [1.165, 1.54) is 32.1 Å². The Morgan fingerprint density at radius 1 is 0.889 bits per heavy atom. The van der Waals surface area contributed by atoms with E-state index in [-0.39, 0.29) is 12.1 Å². The van der Waals surface area contributed by atoms with Crippen molar-refractivity contribution in [2.75, 3.05) is 6.61 Å². The maximum atomic E-state index is 12.2. The summed E-state index contributed by atoms with van der Waals surface area (Å²) in [6, 6.07) is 6.57. The molecule has 0 spiro atoms. The summed E-state index contributed by atoms with van der Waals surface area (Å²) in [4.78, 5) is 24.4. The third-order valence-corrected chi connectivity index (χ3v) is 4.43. The maximum Gasteiger partial charge on any atom is 0.338 e. The lowest BCUT2D eigenvalue weighted by Gasteiger charge is -2.15. The predicted molar refractivity (Wildman–Crippen MR) is 109 cm³/mol. The van der Waals surface area contributed by atoms with Crippen LogP contribution >= 0.6 is 0 Å². The standard InChI is InChI=1S/C23H36O4/c1-5-6-7-8-9-10-11-15-26-22(24)20-13-12-14-21(17-20)23(25)27-19(4)16-18(2)3/h12-14,17-19H,5-11,15-16H2,1-4H3.